The van der Waals surface area contributed by atoms with Crippen molar-refractivity contribution >= 4 is 23.0 Å². The lowest BCUT2D eigenvalue weighted by Crippen LogP contribution is -2.32. The second-order valence-electron chi connectivity index (χ2n) is 7.29. The van der Waals surface area contributed by atoms with Crippen LogP contribution in [0, 0.1) is 17.0 Å². The molecule has 0 bridgehead atoms. The van der Waals surface area contributed by atoms with E-state index in [1.807, 2.05) is 42.5 Å². The third kappa shape index (κ3) is 3.87. The minimum Gasteiger partial charge on any atom is -0.365 e. The highest BCUT2D eigenvalue weighted by atomic mass is 16.6. The number of nitrogens with zero attached hydrogens (tertiary/aromatic N) is 4. The van der Waals surface area contributed by atoms with Gasteiger partial charge in [-0.25, -0.2) is 0 Å². The van der Waals surface area contributed by atoms with Gasteiger partial charge in [0.2, 0.25) is 0 Å². The van der Waals surface area contributed by atoms with Crippen LogP contribution in [0.4, 0.5) is 17.1 Å². The van der Waals surface area contributed by atoms with Gasteiger partial charge in [0, 0.05) is 25.7 Å². The van der Waals surface area contributed by atoms with E-state index in [9.17, 15) is 14.9 Å². The zero-order valence-corrected chi connectivity index (χ0v) is 16.7. The van der Waals surface area contributed by atoms with Gasteiger partial charge in [0.25, 0.3) is 11.6 Å². The van der Waals surface area contributed by atoms with Gasteiger partial charge in [0.15, 0.2) is 0 Å². The van der Waals surface area contributed by atoms with Crippen molar-refractivity contribution in [2.75, 3.05) is 22.9 Å². The minimum atomic E-state index is -0.527. The average Bonchev–Trinajstić information content (AvgIpc) is 2.94. The molecule has 30 heavy (non-hydrogen) atoms. The number of aromatic nitrogens is 1. The SMILES string of the molecule is Cc1ncc([N+](=O)[O-])cc1C(=O)N1CCCN(Cc2ccccc2)c2ccccc21. The summed E-state index contributed by atoms with van der Waals surface area (Å²) in [5.74, 6) is -0.266. The first-order chi connectivity index (χ1) is 14.5. The number of aryl methyl sites for hydroxylation is 1. The number of benzene rings is 2. The molecule has 2 heterocycles. The van der Waals surface area contributed by atoms with Gasteiger partial charge in [-0.15, -0.1) is 0 Å². The van der Waals surface area contributed by atoms with Crippen LogP contribution in [-0.4, -0.2) is 28.9 Å². The number of carbonyl (C=O) groups excluding carboxylic acids is 1. The number of nitro groups is 1. The smallest absolute Gasteiger partial charge is 0.288 e. The Bertz CT molecular complexity index is 1080. The molecule has 0 saturated heterocycles. The third-order valence-corrected chi connectivity index (χ3v) is 5.30. The lowest BCUT2D eigenvalue weighted by molar-refractivity contribution is -0.385. The fraction of sp³-hybridized carbons (Fsp3) is 0.217. The van der Waals surface area contributed by atoms with E-state index in [-0.39, 0.29) is 17.2 Å². The molecule has 0 aliphatic carbocycles. The third-order valence-electron chi connectivity index (χ3n) is 5.30. The molecule has 1 aliphatic rings. The predicted octanol–water partition coefficient (Wildman–Crippen LogP) is 4.36. The number of anilines is 2. The Balaban J connectivity index is 1.70. The number of amides is 1. The van der Waals surface area contributed by atoms with E-state index in [1.54, 1.807) is 11.8 Å². The van der Waals surface area contributed by atoms with Crippen molar-refractivity contribution < 1.29 is 9.72 Å². The zero-order valence-electron chi connectivity index (χ0n) is 16.7. The lowest BCUT2D eigenvalue weighted by atomic mass is 10.1. The summed E-state index contributed by atoms with van der Waals surface area (Å²) in [7, 11) is 0. The average molecular weight is 402 g/mol. The lowest BCUT2D eigenvalue weighted by Gasteiger charge is -2.27. The van der Waals surface area contributed by atoms with Gasteiger partial charge in [-0.1, -0.05) is 42.5 Å². The molecule has 1 amide bonds. The van der Waals surface area contributed by atoms with Crippen molar-refractivity contribution in [3.63, 3.8) is 0 Å². The molecule has 4 rings (SSSR count). The molecular formula is C23H22N4O3. The van der Waals surface area contributed by atoms with Crippen molar-refractivity contribution in [2.24, 2.45) is 0 Å². The molecule has 7 nitrogen and oxygen atoms in total. The van der Waals surface area contributed by atoms with Crippen LogP contribution >= 0.6 is 0 Å². The van der Waals surface area contributed by atoms with E-state index in [2.05, 4.69) is 22.0 Å². The molecule has 0 fully saturated rings. The van der Waals surface area contributed by atoms with E-state index in [1.165, 1.54) is 17.8 Å². The first kappa shape index (κ1) is 19.6. The standard InChI is InChI=1S/C23H22N4O3/c1-17-20(14-19(15-24-17)27(29)30)23(28)26-13-7-12-25(16-18-8-3-2-4-9-18)21-10-5-6-11-22(21)26/h2-6,8-11,14-15H,7,12-13,16H2,1H3. The molecular weight excluding hydrogens is 380 g/mol. The van der Waals surface area contributed by atoms with Crippen molar-refractivity contribution in [1.29, 1.82) is 0 Å². The van der Waals surface area contributed by atoms with Crippen LogP contribution in [0.2, 0.25) is 0 Å². The molecule has 152 valence electrons. The highest BCUT2D eigenvalue weighted by molar-refractivity contribution is 6.08. The van der Waals surface area contributed by atoms with E-state index >= 15 is 0 Å². The van der Waals surface area contributed by atoms with Crippen LogP contribution in [-0.2, 0) is 6.54 Å². The van der Waals surface area contributed by atoms with Crippen LogP contribution < -0.4 is 9.80 Å². The maximum absolute atomic E-state index is 13.4. The minimum absolute atomic E-state index is 0.183. The van der Waals surface area contributed by atoms with Gasteiger partial charge < -0.3 is 9.80 Å². The molecule has 0 unspecified atom stereocenters. The number of rotatable bonds is 4. The Kier molecular flexibility index (Phi) is 5.43. The molecule has 0 atom stereocenters. The van der Waals surface area contributed by atoms with Crippen molar-refractivity contribution in [3.05, 3.63) is 93.8 Å². The first-order valence-electron chi connectivity index (χ1n) is 9.85. The Labute approximate surface area is 174 Å². The van der Waals surface area contributed by atoms with Gasteiger partial charge >= 0.3 is 0 Å². The molecule has 2 aromatic carbocycles. The maximum Gasteiger partial charge on any atom is 0.288 e. The van der Waals surface area contributed by atoms with Crippen molar-refractivity contribution in [3.8, 4) is 0 Å². The molecule has 7 heteroatoms. The summed E-state index contributed by atoms with van der Waals surface area (Å²) in [6, 6.07) is 19.4. The number of hydrogen-bond donors (Lipinski definition) is 0. The summed E-state index contributed by atoms with van der Waals surface area (Å²) in [4.78, 5) is 32.1. The monoisotopic (exact) mass is 402 g/mol. The summed E-state index contributed by atoms with van der Waals surface area (Å²) in [5.41, 5.74) is 3.54. The number of carbonyl (C=O) groups is 1. The molecule has 0 saturated carbocycles. The van der Waals surface area contributed by atoms with Crippen LogP contribution in [0.1, 0.15) is 28.0 Å². The van der Waals surface area contributed by atoms with Crippen LogP contribution in [0.3, 0.4) is 0 Å². The summed E-state index contributed by atoms with van der Waals surface area (Å²) >= 11 is 0. The van der Waals surface area contributed by atoms with Crippen LogP contribution in [0.15, 0.2) is 66.9 Å². The number of hydrogen-bond acceptors (Lipinski definition) is 5. The Hall–Kier alpha value is -3.74. The predicted molar refractivity (Wildman–Crippen MR) is 116 cm³/mol. The number of para-hydroxylation sites is 2. The first-order valence-corrected chi connectivity index (χ1v) is 9.85. The molecule has 0 N–H and O–H groups in total. The quantitative estimate of drug-likeness (QED) is 0.479. The number of fused-ring (bicyclic) bond motifs is 1. The van der Waals surface area contributed by atoms with Crippen LogP contribution in [0.5, 0.6) is 0 Å². The van der Waals surface area contributed by atoms with E-state index in [0.717, 1.165) is 30.9 Å². The maximum atomic E-state index is 13.4. The normalized spacial score (nSPS) is 13.5. The van der Waals surface area contributed by atoms with Gasteiger partial charge in [-0.05, 0) is 31.0 Å². The highest BCUT2D eigenvalue weighted by Crippen LogP contribution is 2.34. The summed E-state index contributed by atoms with van der Waals surface area (Å²) < 4.78 is 0. The fourth-order valence-electron chi connectivity index (χ4n) is 3.78. The van der Waals surface area contributed by atoms with Crippen molar-refractivity contribution in [2.45, 2.75) is 19.9 Å². The molecule has 0 radical (unpaired) electrons. The second kappa shape index (κ2) is 8.32. The Morgan fingerprint density at radius 2 is 1.77 bits per heavy atom. The van der Waals surface area contributed by atoms with Crippen LogP contribution in [0.25, 0.3) is 0 Å². The topological polar surface area (TPSA) is 79.6 Å². The molecule has 3 aromatic rings. The Morgan fingerprint density at radius 1 is 1.07 bits per heavy atom. The van der Waals surface area contributed by atoms with Gasteiger partial charge in [0.1, 0.15) is 6.20 Å². The van der Waals surface area contributed by atoms with Gasteiger partial charge in [-0.2, -0.15) is 0 Å². The van der Waals surface area contributed by atoms with E-state index in [4.69, 9.17) is 0 Å². The second-order valence-corrected chi connectivity index (χ2v) is 7.29. The number of pyridine rings is 1. The zero-order chi connectivity index (χ0) is 21.1. The fourth-order valence-corrected chi connectivity index (χ4v) is 3.78. The van der Waals surface area contributed by atoms with E-state index < -0.39 is 4.92 Å². The van der Waals surface area contributed by atoms with Gasteiger partial charge in [0.05, 0.1) is 27.6 Å². The summed E-state index contributed by atoms with van der Waals surface area (Å²) in [6.07, 6.45) is 1.97. The summed E-state index contributed by atoms with van der Waals surface area (Å²) in [6.45, 7) is 3.78. The molecule has 1 aromatic heterocycles. The Morgan fingerprint density at radius 3 is 2.50 bits per heavy atom. The molecule has 1 aliphatic heterocycles. The van der Waals surface area contributed by atoms with E-state index in [0.29, 0.717) is 12.2 Å². The summed E-state index contributed by atoms with van der Waals surface area (Å²) in [5, 5.41) is 11.2. The molecule has 0 spiro atoms. The van der Waals surface area contributed by atoms with Crippen molar-refractivity contribution in [1.82, 2.24) is 4.98 Å². The van der Waals surface area contributed by atoms with Gasteiger partial charge in [-0.3, -0.25) is 19.9 Å². The highest BCUT2D eigenvalue weighted by Gasteiger charge is 2.27. The largest absolute Gasteiger partial charge is 0.365 e.